The van der Waals surface area contributed by atoms with Crippen LogP contribution in [0.5, 0.6) is 0 Å². The Bertz CT molecular complexity index is 662. The Hall–Kier alpha value is -1.86. The molecule has 1 saturated heterocycles. The SMILES string of the molecule is Cc1nnc(SCC(=O)N2CCO[C@H](CCc3ccccc3)C2)o1. The predicted molar refractivity (Wildman–Crippen MR) is 90.8 cm³/mol. The number of carbonyl (C=O) groups is 1. The van der Waals surface area contributed by atoms with Crippen LogP contribution in [0.25, 0.3) is 0 Å². The minimum Gasteiger partial charge on any atom is -0.416 e. The van der Waals surface area contributed by atoms with Gasteiger partial charge in [-0.05, 0) is 18.4 Å². The normalized spacial score (nSPS) is 17.9. The van der Waals surface area contributed by atoms with Crippen molar-refractivity contribution in [3.05, 3.63) is 41.8 Å². The van der Waals surface area contributed by atoms with Crippen LogP contribution in [0.2, 0.25) is 0 Å². The fraction of sp³-hybridized carbons (Fsp3) is 0.471. The van der Waals surface area contributed by atoms with Crippen LogP contribution in [0.15, 0.2) is 40.0 Å². The lowest BCUT2D eigenvalue weighted by Crippen LogP contribution is -2.46. The first-order chi connectivity index (χ1) is 11.7. The average molecular weight is 347 g/mol. The zero-order valence-corrected chi connectivity index (χ0v) is 14.5. The highest BCUT2D eigenvalue weighted by Crippen LogP contribution is 2.18. The first-order valence-electron chi connectivity index (χ1n) is 8.07. The minimum atomic E-state index is 0.0869. The molecule has 24 heavy (non-hydrogen) atoms. The summed E-state index contributed by atoms with van der Waals surface area (Å²) < 4.78 is 11.1. The fourth-order valence-corrected chi connectivity index (χ4v) is 3.35. The lowest BCUT2D eigenvalue weighted by atomic mass is 10.1. The summed E-state index contributed by atoms with van der Waals surface area (Å²) in [5, 5.41) is 8.09. The van der Waals surface area contributed by atoms with Crippen LogP contribution < -0.4 is 0 Å². The number of aryl methyl sites for hydroxylation is 2. The summed E-state index contributed by atoms with van der Waals surface area (Å²) in [7, 11) is 0. The third-order valence-electron chi connectivity index (χ3n) is 3.92. The maximum atomic E-state index is 12.4. The molecule has 7 heteroatoms. The van der Waals surface area contributed by atoms with E-state index in [9.17, 15) is 4.79 Å². The number of ether oxygens (including phenoxy) is 1. The quantitative estimate of drug-likeness (QED) is 0.747. The Morgan fingerprint density at radius 2 is 2.17 bits per heavy atom. The zero-order chi connectivity index (χ0) is 16.8. The number of hydrogen-bond donors (Lipinski definition) is 0. The van der Waals surface area contributed by atoms with Crippen LogP contribution in [-0.2, 0) is 16.0 Å². The minimum absolute atomic E-state index is 0.0869. The van der Waals surface area contributed by atoms with Crippen molar-refractivity contribution in [3.8, 4) is 0 Å². The second-order valence-electron chi connectivity index (χ2n) is 5.73. The van der Waals surface area contributed by atoms with Gasteiger partial charge in [-0.25, -0.2) is 0 Å². The standard InChI is InChI=1S/C17H21N3O3S/c1-13-18-19-17(23-13)24-12-16(21)20-9-10-22-15(11-20)8-7-14-5-3-2-4-6-14/h2-6,15H,7-12H2,1H3/t15-/m1/s1. The van der Waals surface area contributed by atoms with Crippen molar-refractivity contribution >= 4 is 17.7 Å². The molecule has 1 atom stereocenters. The van der Waals surface area contributed by atoms with Crippen molar-refractivity contribution < 1.29 is 13.9 Å². The van der Waals surface area contributed by atoms with Gasteiger partial charge in [-0.3, -0.25) is 4.79 Å². The van der Waals surface area contributed by atoms with Crippen LogP contribution >= 0.6 is 11.8 Å². The van der Waals surface area contributed by atoms with Crippen LogP contribution in [0.1, 0.15) is 17.9 Å². The van der Waals surface area contributed by atoms with Gasteiger partial charge >= 0.3 is 0 Å². The molecule has 0 radical (unpaired) electrons. The predicted octanol–water partition coefficient (Wildman–Crippen LogP) is 2.33. The lowest BCUT2D eigenvalue weighted by Gasteiger charge is -2.33. The molecular formula is C17H21N3O3S. The van der Waals surface area contributed by atoms with E-state index in [0.29, 0.717) is 36.6 Å². The molecule has 3 rings (SSSR count). The summed E-state index contributed by atoms with van der Waals surface area (Å²) in [4.78, 5) is 14.2. The molecule has 128 valence electrons. The van der Waals surface area contributed by atoms with E-state index in [1.54, 1.807) is 6.92 Å². The van der Waals surface area contributed by atoms with E-state index in [4.69, 9.17) is 9.15 Å². The van der Waals surface area contributed by atoms with E-state index in [-0.39, 0.29) is 12.0 Å². The molecule has 0 N–H and O–H groups in total. The largest absolute Gasteiger partial charge is 0.416 e. The maximum Gasteiger partial charge on any atom is 0.277 e. The van der Waals surface area contributed by atoms with E-state index in [2.05, 4.69) is 22.3 Å². The van der Waals surface area contributed by atoms with Gasteiger partial charge in [0.2, 0.25) is 11.8 Å². The fourth-order valence-electron chi connectivity index (χ4n) is 2.64. The van der Waals surface area contributed by atoms with Crippen LogP contribution in [0.3, 0.4) is 0 Å². The summed E-state index contributed by atoms with van der Waals surface area (Å²) >= 11 is 1.28. The second-order valence-corrected chi connectivity index (χ2v) is 6.66. The molecule has 0 aliphatic carbocycles. The Balaban J connectivity index is 1.45. The molecule has 1 aromatic heterocycles. The summed E-state index contributed by atoms with van der Waals surface area (Å²) in [5.74, 6) is 0.911. The van der Waals surface area contributed by atoms with Crippen molar-refractivity contribution in [1.29, 1.82) is 0 Å². The van der Waals surface area contributed by atoms with E-state index in [1.807, 2.05) is 23.1 Å². The molecule has 2 aromatic rings. The Morgan fingerprint density at radius 1 is 1.33 bits per heavy atom. The van der Waals surface area contributed by atoms with Crippen LogP contribution in [0, 0.1) is 6.92 Å². The van der Waals surface area contributed by atoms with E-state index < -0.39 is 0 Å². The van der Waals surface area contributed by atoms with Crippen molar-refractivity contribution in [2.45, 2.75) is 31.1 Å². The van der Waals surface area contributed by atoms with Gasteiger partial charge < -0.3 is 14.1 Å². The number of aromatic nitrogens is 2. The molecule has 1 aliphatic heterocycles. The third kappa shape index (κ3) is 4.82. The number of amides is 1. The highest BCUT2D eigenvalue weighted by molar-refractivity contribution is 7.99. The summed E-state index contributed by atoms with van der Waals surface area (Å²) in [6.07, 6.45) is 1.98. The number of hydrogen-bond acceptors (Lipinski definition) is 6. The van der Waals surface area contributed by atoms with Gasteiger partial charge in [0, 0.05) is 20.0 Å². The lowest BCUT2D eigenvalue weighted by molar-refractivity contribution is -0.136. The number of carbonyl (C=O) groups excluding carboxylic acids is 1. The van der Waals surface area contributed by atoms with E-state index in [0.717, 1.165) is 12.8 Å². The Kier molecular flexibility index (Phi) is 5.87. The van der Waals surface area contributed by atoms with Gasteiger partial charge in [-0.15, -0.1) is 10.2 Å². The molecule has 0 spiro atoms. The molecule has 1 amide bonds. The summed E-state index contributed by atoms with van der Waals surface area (Å²) in [5.41, 5.74) is 1.30. The Labute approximate surface area is 145 Å². The number of thioether (sulfide) groups is 1. The van der Waals surface area contributed by atoms with Crippen molar-refractivity contribution in [2.24, 2.45) is 0 Å². The molecule has 6 nitrogen and oxygen atoms in total. The molecule has 2 heterocycles. The highest BCUT2D eigenvalue weighted by atomic mass is 32.2. The molecule has 1 aliphatic rings. The van der Waals surface area contributed by atoms with Crippen molar-refractivity contribution in [1.82, 2.24) is 15.1 Å². The van der Waals surface area contributed by atoms with Gasteiger partial charge in [0.1, 0.15) is 0 Å². The highest BCUT2D eigenvalue weighted by Gasteiger charge is 2.24. The van der Waals surface area contributed by atoms with Gasteiger partial charge in [0.05, 0.1) is 18.5 Å². The molecular weight excluding hydrogens is 326 g/mol. The first-order valence-corrected chi connectivity index (χ1v) is 9.05. The number of benzene rings is 1. The van der Waals surface area contributed by atoms with Crippen molar-refractivity contribution in [2.75, 3.05) is 25.4 Å². The summed E-state index contributed by atoms with van der Waals surface area (Å²) in [6.45, 7) is 3.62. The number of morpholine rings is 1. The maximum absolute atomic E-state index is 12.4. The number of rotatable bonds is 6. The van der Waals surface area contributed by atoms with E-state index in [1.165, 1.54) is 17.3 Å². The second kappa shape index (κ2) is 8.30. The molecule has 1 aromatic carbocycles. The molecule has 1 fully saturated rings. The van der Waals surface area contributed by atoms with Gasteiger partial charge in [-0.2, -0.15) is 0 Å². The number of nitrogens with zero attached hydrogens (tertiary/aromatic N) is 3. The van der Waals surface area contributed by atoms with Gasteiger partial charge in [0.25, 0.3) is 5.22 Å². The first kappa shape index (κ1) is 17.0. The smallest absolute Gasteiger partial charge is 0.277 e. The summed E-state index contributed by atoms with van der Waals surface area (Å²) in [6, 6.07) is 10.3. The molecule has 0 saturated carbocycles. The van der Waals surface area contributed by atoms with Gasteiger partial charge in [-0.1, -0.05) is 42.1 Å². The van der Waals surface area contributed by atoms with Crippen LogP contribution in [-0.4, -0.2) is 52.6 Å². The van der Waals surface area contributed by atoms with Crippen molar-refractivity contribution in [3.63, 3.8) is 0 Å². The topological polar surface area (TPSA) is 68.5 Å². The molecule has 0 unspecified atom stereocenters. The van der Waals surface area contributed by atoms with E-state index >= 15 is 0 Å². The Morgan fingerprint density at radius 3 is 2.92 bits per heavy atom. The van der Waals surface area contributed by atoms with Gasteiger partial charge in [0.15, 0.2) is 0 Å². The van der Waals surface area contributed by atoms with Crippen LogP contribution in [0.4, 0.5) is 0 Å². The third-order valence-corrected chi connectivity index (χ3v) is 4.72. The zero-order valence-electron chi connectivity index (χ0n) is 13.7. The molecule has 0 bridgehead atoms. The monoisotopic (exact) mass is 347 g/mol. The average Bonchev–Trinajstić information content (AvgIpc) is 3.04.